The van der Waals surface area contributed by atoms with Gasteiger partial charge in [-0.2, -0.15) is 5.10 Å². The molecule has 2 aromatic carbocycles. The van der Waals surface area contributed by atoms with E-state index in [2.05, 4.69) is 50.6 Å². The van der Waals surface area contributed by atoms with E-state index >= 15 is 0 Å². The molecule has 35 heavy (non-hydrogen) atoms. The summed E-state index contributed by atoms with van der Waals surface area (Å²) in [5.41, 5.74) is 6.95. The van der Waals surface area contributed by atoms with Crippen LogP contribution in [0, 0.1) is 6.92 Å². The number of urea groups is 1. The first-order chi connectivity index (χ1) is 17.0. The van der Waals surface area contributed by atoms with Gasteiger partial charge >= 0.3 is 6.03 Å². The Labute approximate surface area is 205 Å². The molecule has 0 spiro atoms. The second-order valence-corrected chi connectivity index (χ2v) is 9.24. The molecule has 1 aliphatic rings. The van der Waals surface area contributed by atoms with Crippen LogP contribution in [0.25, 0.3) is 22.2 Å². The maximum atomic E-state index is 12.6. The molecule has 8 heteroatoms. The molecular formula is C27H31N7O. The Morgan fingerprint density at radius 1 is 0.943 bits per heavy atom. The standard InChI is InChI=1S/C27H31N7O/c1-19-16-23(9-6-21(19)18-34-14-12-32(2)13-15-34)31-27(35)30-22-7-4-20(5-8-22)24-10-11-28-26-25(24)17-29-33(26)3/h4-11,16-17H,12-15,18H2,1-3H3,(H2,30,31,35). The van der Waals surface area contributed by atoms with E-state index in [9.17, 15) is 4.79 Å². The molecule has 8 nitrogen and oxygen atoms in total. The number of pyridine rings is 1. The summed E-state index contributed by atoms with van der Waals surface area (Å²) in [6.07, 6.45) is 3.62. The van der Waals surface area contributed by atoms with Gasteiger partial charge in [0.05, 0.1) is 6.20 Å². The normalized spacial score (nSPS) is 14.8. The molecule has 1 aliphatic heterocycles. The Bertz CT molecular complexity index is 1340. The van der Waals surface area contributed by atoms with Crippen LogP contribution in [0.5, 0.6) is 0 Å². The van der Waals surface area contributed by atoms with Crippen molar-refractivity contribution in [2.24, 2.45) is 7.05 Å². The molecule has 3 heterocycles. The summed E-state index contributed by atoms with van der Waals surface area (Å²) >= 11 is 0. The molecule has 0 saturated carbocycles. The van der Waals surface area contributed by atoms with Crippen LogP contribution in [0.1, 0.15) is 11.1 Å². The fraction of sp³-hybridized carbons (Fsp3) is 0.296. The third kappa shape index (κ3) is 5.18. The summed E-state index contributed by atoms with van der Waals surface area (Å²) in [6, 6.07) is 15.6. The van der Waals surface area contributed by atoms with Crippen molar-refractivity contribution in [2.45, 2.75) is 13.5 Å². The number of rotatable bonds is 5. The number of aryl methyl sites for hydroxylation is 2. The van der Waals surface area contributed by atoms with E-state index in [-0.39, 0.29) is 6.03 Å². The first-order valence-electron chi connectivity index (χ1n) is 11.9. The van der Waals surface area contributed by atoms with Gasteiger partial charge in [-0.1, -0.05) is 18.2 Å². The Kier molecular flexibility index (Phi) is 6.48. The lowest BCUT2D eigenvalue weighted by atomic mass is 10.0. The van der Waals surface area contributed by atoms with Gasteiger partial charge in [-0.25, -0.2) is 9.78 Å². The summed E-state index contributed by atoms with van der Waals surface area (Å²) in [4.78, 5) is 21.8. The molecule has 0 atom stereocenters. The van der Waals surface area contributed by atoms with Crippen molar-refractivity contribution in [3.63, 3.8) is 0 Å². The minimum Gasteiger partial charge on any atom is -0.308 e. The quantitative estimate of drug-likeness (QED) is 0.455. The zero-order valence-corrected chi connectivity index (χ0v) is 20.5. The van der Waals surface area contributed by atoms with Crippen molar-refractivity contribution in [3.8, 4) is 11.1 Å². The molecule has 2 N–H and O–H groups in total. The first-order valence-corrected chi connectivity index (χ1v) is 11.9. The second-order valence-electron chi connectivity index (χ2n) is 9.24. The predicted molar refractivity (Wildman–Crippen MR) is 141 cm³/mol. The monoisotopic (exact) mass is 469 g/mol. The van der Waals surface area contributed by atoms with Crippen LogP contribution in [0.4, 0.5) is 16.2 Å². The van der Waals surface area contributed by atoms with Crippen LogP contribution in [-0.4, -0.2) is 63.8 Å². The number of likely N-dealkylation sites (N-methyl/N-ethyl adjacent to an activating group) is 1. The van der Waals surface area contributed by atoms with E-state index < -0.39 is 0 Å². The first kappa shape index (κ1) is 23.0. The molecule has 1 fully saturated rings. The fourth-order valence-electron chi connectivity index (χ4n) is 4.52. The molecule has 0 radical (unpaired) electrons. The Hall–Kier alpha value is -3.75. The van der Waals surface area contributed by atoms with Gasteiger partial charge in [-0.05, 0) is 66.6 Å². The van der Waals surface area contributed by atoms with E-state index in [1.807, 2.05) is 55.7 Å². The zero-order chi connectivity index (χ0) is 24.4. The van der Waals surface area contributed by atoms with Crippen molar-refractivity contribution in [3.05, 3.63) is 72.1 Å². The molecule has 0 unspecified atom stereocenters. The van der Waals surface area contributed by atoms with Gasteiger partial charge in [0, 0.05) is 62.7 Å². The van der Waals surface area contributed by atoms with E-state index in [1.54, 1.807) is 10.9 Å². The fourth-order valence-corrected chi connectivity index (χ4v) is 4.52. The number of amides is 2. The number of hydrogen-bond acceptors (Lipinski definition) is 5. The van der Waals surface area contributed by atoms with Gasteiger partial charge in [-0.15, -0.1) is 0 Å². The molecular weight excluding hydrogens is 438 g/mol. The van der Waals surface area contributed by atoms with Crippen molar-refractivity contribution < 1.29 is 4.79 Å². The average Bonchev–Trinajstić information content (AvgIpc) is 3.23. The van der Waals surface area contributed by atoms with E-state index in [0.29, 0.717) is 0 Å². The molecule has 5 rings (SSSR count). The minimum absolute atomic E-state index is 0.262. The van der Waals surface area contributed by atoms with Gasteiger partial charge < -0.3 is 15.5 Å². The lowest BCUT2D eigenvalue weighted by Gasteiger charge is -2.32. The number of carbonyl (C=O) groups excluding carboxylic acids is 1. The van der Waals surface area contributed by atoms with Gasteiger partial charge in [0.15, 0.2) is 5.65 Å². The van der Waals surface area contributed by atoms with Gasteiger partial charge in [0.25, 0.3) is 0 Å². The number of benzene rings is 2. The lowest BCUT2D eigenvalue weighted by Crippen LogP contribution is -2.43. The van der Waals surface area contributed by atoms with Crippen LogP contribution >= 0.6 is 0 Å². The Morgan fingerprint density at radius 2 is 1.66 bits per heavy atom. The summed E-state index contributed by atoms with van der Waals surface area (Å²) < 4.78 is 1.76. The maximum Gasteiger partial charge on any atom is 0.323 e. The highest BCUT2D eigenvalue weighted by Crippen LogP contribution is 2.28. The van der Waals surface area contributed by atoms with Gasteiger partial charge in [0.1, 0.15) is 0 Å². The maximum absolute atomic E-state index is 12.6. The zero-order valence-electron chi connectivity index (χ0n) is 20.5. The Morgan fingerprint density at radius 3 is 2.40 bits per heavy atom. The van der Waals surface area contributed by atoms with Crippen molar-refractivity contribution >= 4 is 28.4 Å². The highest BCUT2D eigenvalue weighted by atomic mass is 16.2. The number of fused-ring (bicyclic) bond motifs is 1. The molecule has 180 valence electrons. The van der Waals surface area contributed by atoms with Crippen molar-refractivity contribution in [2.75, 3.05) is 43.9 Å². The molecule has 0 aliphatic carbocycles. The summed E-state index contributed by atoms with van der Waals surface area (Å²) in [6.45, 7) is 7.44. The molecule has 2 amide bonds. The molecule has 0 bridgehead atoms. The molecule has 1 saturated heterocycles. The average molecular weight is 470 g/mol. The smallest absolute Gasteiger partial charge is 0.308 e. The number of aromatic nitrogens is 3. The number of hydrogen-bond donors (Lipinski definition) is 2. The number of nitrogens with zero attached hydrogens (tertiary/aromatic N) is 5. The topological polar surface area (TPSA) is 78.3 Å². The van der Waals surface area contributed by atoms with E-state index in [4.69, 9.17) is 0 Å². The second kappa shape index (κ2) is 9.85. The molecule has 2 aromatic heterocycles. The Balaban J connectivity index is 1.20. The highest BCUT2D eigenvalue weighted by Gasteiger charge is 2.15. The van der Waals surface area contributed by atoms with Crippen molar-refractivity contribution in [1.82, 2.24) is 24.6 Å². The predicted octanol–water partition coefficient (Wildman–Crippen LogP) is 4.34. The van der Waals surface area contributed by atoms with E-state index in [1.165, 1.54) is 11.1 Å². The van der Waals surface area contributed by atoms with Gasteiger partial charge in [0.2, 0.25) is 0 Å². The largest absolute Gasteiger partial charge is 0.323 e. The highest BCUT2D eigenvalue weighted by molar-refractivity contribution is 6.00. The number of piperazine rings is 1. The third-order valence-electron chi connectivity index (χ3n) is 6.68. The van der Waals surface area contributed by atoms with E-state index in [0.717, 1.165) is 66.3 Å². The molecule has 4 aromatic rings. The lowest BCUT2D eigenvalue weighted by molar-refractivity contribution is 0.148. The number of nitrogens with one attached hydrogen (secondary N) is 2. The number of anilines is 2. The number of carbonyl (C=O) groups is 1. The SMILES string of the molecule is Cc1cc(NC(=O)Nc2ccc(-c3ccnc4c3cnn4C)cc2)ccc1CN1CCN(C)CC1. The summed E-state index contributed by atoms with van der Waals surface area (Å²) in [7, 11) is 4.05. The minimum atomic E-state index is -0.262. The van der Waals surface area contributed by atoms with Crippen LogP contribution < -0.4 is 10.6 Å². The van der Waals surface area contributed by atoms with Crippen LogP contribution in [-0.2, 0) is 13.6 Å². The van der Waals surface area contributed by atoms with Crippen LogP contribution in [0.2, 0.25) is 0 Å². The van der Waals surface area contributed by atoms with Crippen LogP contribution in [0.3, 0.4) is 0 Å². The van der Waals surface area contributed by atoms with Crippen molar-refractivity contribution in [1.29, 1.82) is 0 Å². The summed E-state index contributed by atoms with van der Waals surface area (Å²) in [5.74, 6) is 0. The summed E-state index contributed by atoms with van der Waals surface area (Å²) in [5, 5.41) is 11.2. The van der Waals surface area contributed by atoms with Gasteiger partial charge in [-0.3, -0.25) is 9.58 Å². The van der Waals surface area contributed by atoms with Crippen LogP contribution in [0.15, 0.2) is 60.9 Å². The third-order valence-corrected chi connectivity index (χ3v) is 6.68.